The molecule has 0 bridgehead atoms. The summed E-state index contributed by atoms with van der Waals surface area (Å²) >= 11 is 0. The summed E-state index contributed by atoms with van der Waals surface area (Å²) in [7, 11) is 0. The Morgan fingerprint density at radius 1 is 0.929 bits per heavy atom. The molecule has 28 heavy (non-hydrogen) atoms. The largest absolute Gasteiger partial charge is 0.460 e. The minimum absolute atomic E-state index is 0.0437. The van der Waals surface area contributed by atoms with Crippen LogP contribution < -0.4 is 10.4 Å². The second kappa shape index (κ2) is 6.64. The van der Waals surface area contributed by atoms with Crippen molar-refractivity contribution in [2.45, 2.75) is 25.2 Å². The van der Waals surface area contributed by atoms with Gasteiger partial charge in [0.2, 0.25) is 0 Å². The van der Waals surface area contributed by atoms with Crippen molar-refractivity contribution in [2.24, 2.45) is 0 Å². The standard InChI is InChI=1S/C24H18O4/c25-18-10-6-12-20-21(18)17(14-13-15-7-2-1-3-8-15)22-23(27-20)16-9-4-5-11-19(16)28-24(22)26/h1-5,7-9,11,13-14,17H,6,10,12H2/b14-13+. The number of fused-ring (bicyclic) bond motifs is 3. The van der Waals surface area contributed by atoms with Crippen molar-refractivity contribution in [3.05, 3.63) is 93.6 Å². The van der Waals surface area contributed by atoms with Gasteiger partial charge in [-0.25, -0.2) is 4.79 Å². The van der Waals surface area contributed by atoms with Gasteiger partial charge in [-0.05, 0) is 24.1 Å². The summed E-state index contributed by atoms with van der Waals surface area (Å²) in [4.78, 5) is 25.6. The van der Waals surface area contributed by atoms with Crippen molar-refractivity contribution in [1.29, 1.82) is 0 Å². The van der Waals surface area contributed by atoms with E-state index in [1.807, 2.05) is 60.7 Å². The molecule has 1 unspecified atom stereocenters. The van der Waals surface area contributed by atoms with Gasteiger partial charge in [0, 0.05) is 24.3 Å². The second-order valence-corrected chi connectivity index (χ2v) is 7.09. The van der Waals surface area contributed by atoms with Gasteiger partial charge in [-0.15, -0.1) is 0 Å². The molecule has 4 heteroatoms. The number of carbonyl (C=O) groups excluding carboxylic acids is 1. The van der Waals surface area contributed by atoms with E-state index in [4.69, 9.17) is 9.15 Å². The normalized spacial score (nSPS) is 18.9. The number of benzene rings is 2. The van der Waals surface area contributed by atoms with Gasteiger partial charge >= 0.3 is 5.63 Å². The summed E-state index contributed by atoms with van der Waals surface area (Å²) in [6, 6.07) is 17.2. The number of ether oxygens (including phenoxy) is 1. The van der Waals surface area contributed by atoms with Crippen LogP contribution in [0.25, 0.3) is 17.0 Å². The molecule has 0 fully saturated rings. The Morgan fingerprint density at radius 3 is 2.57 bits per heavy atom. The molecule has 1 aliphatic heterocycles. The van der Waals surface area contributed by atoms with Crippen LogP contribution in [0.1, 0.15) is 36.3 Å². The van der Waals surface area contributed by atoms with E-state index >= 15 is 0 Å². The number of ketones is 1. The smallest absolute Gasteiger partial charge is 0.344 e. The van der Waals surface area contributed by atoms with Crippen LogP contribution in [0.2, 0.25) is 0 Å². The first-order chi connectivity index (χ1) is 13.7. The molecule has 0 amide bonds. The van der Waals surface area contributed by atoms with Crippen molar-refractivity contribution in [1.82, 2.24) is 0 Å². The average molecular weight is 370 g/mol. The van der Waals surface area contributed by atoms with Gasteiger partial charge in [-0.1, -0.05) is 54.6 Å². The molecule has 2 heterocycles. The minimum atomic E-state index is -0.465. The molecule has 138 valence electrons. The summed E-state index contributed by atoms with van der Waals surface area (Å²) in [5.74, 6) is 0.778. The van der Waals surface area contributed by atoms with Crippen molar-refractivity contribution in [3.8, 4) is 5.75 Å². The first kappa shape index (κ1) is 16.8. The quantitative estimate of drug-likeness (QED) is 0.597. The fraction of sp³-hybridized carbons (Fsp3) is 0.167. The van der Waals surface area contributed by atoms with Crippen LogP contribution in [-0.2, 0) is 4.79 Å². The van der Waals surface area contributed by atoms with E-state index in [1.54, 1.807) is 6.07 Å². The van der Waals surface area contributed by atoms with E-state index < -0.39 is 11.5 Å². The minimum Gasteiger partial charge on any atom is -0.460 e. The van der Waals surface area contributed by atoms with Crippen molar-refractivity contribution < 1.29 is 13.9 Å². The zero-order valence-electron chi connectivity index (χ0n) is 15.2. The maximum Gasteiger partial charge on any atom is 0.344 e. The third kappa shape index (κ3) is 2.69. The summed E-state index contributed by atoms with van der Waals surface area (Å²) in [6.07, 6.45) is 5.81. The van der Waals surface area contributed by atoms with Gasteiger partial charge in [0.15, 0.2) is 5.78 Å². The first-order valence-corrected chi connectivity index (χ1v) is 9.45. The Bertz CT molecular complexity index is 1200. The van der Waals surface area contributed by atoms with E-state index in [-0.39, 0.29) is 5.78 Å². The molecule has 0 N–H and O–H groups in total. The number of Topliss-reactive ketones (excluding diaryl/α,β-unsaturated/α-hetero) is 1. The van der Waals surface area contributed by atoms with Gasteiger partial charge in [-0.2, -0.15) is 0 Å². The van der Waals surface area contributed by atoms with Gasteiger partial charge in [-0.3, -0.25) is 4.79 Å². The molecule has 5 rings (SSSR count). The van der Waals surface area contributed by atoms with Gasteiger partial charge < -0.3 is 9.15 Å². The average Bonchev–Trinajstić information content (AvgIpc) is 2.72. The fourth-order valence-corrected chi connectivity index (χ4v) is 4.03. The third-order valence-electron chi connectivity index (χ3n) is 5.34. The highest BCUT2D eigenvalue weighted by Gasteiger charge is 2.37. The zero-order chi connectivity index (χ0) is 19.1. The molecule has 4 nitrogen and oxygen atoms in total. The van der Waals surface area contributed by atoms with Crippen LogP contribution in [0.5, 0.6) is 5.75 Å². The molecular weight excluding hydrogens is 352 g/mol. The highest BCUT2D eigenvalue weighted by molar-refractivity contribution is 6.00. The van der Waals surface area contributed by atoms with Crippen LogP contribution in [0, 0.1) is 0 Å². The molecule has 0 saturated carbocycles. The van der Waals surface area contributed by atoms with Crippen molar-refractivity contribution >= 4 is 22.8 Å². The van der Waals surface area contributed by atoms with E-state index in [9.17, 15) is 9.59 Å². The number of carbonyl (C=O) groups is 1. The summed E-state index contributed by atoms with van der Waals surface area (Å²) < 4.78 is 11.7. The monoisotopic (exact) mass is 370 g/mol. The lowest BCUT2D eigenvalue weighted by atomic mass is 9.80. The number of allylic oxidation sites excluding steroid dienone is 3. The maximum absolute atomic E-state index is 12.9. The molecule has 1 aromatic heterocycles. The first-order valence-electron chi connectivity index (χ1n) is 9.45. The summed E-state index contributed by atoms with van der Waals surface area (Å²) in [5, 5.41) is 0.750. The van der Waals surface area contributed by atoms with Crippen LogP contribution in [-0.4, -0.2) is 5.78 Å². The molecule has 2 aromatic carbocycles. The Morgan fingerprint density at radius 2 is 1.71 bits per heavy atom. The summed E-state index contributed by atoms with van der Waals surface area (Å²) in [6.45, 7) is 0. The van der Waals surface area contributed by atoms with Gasteiger partial charge in [0.05, 0.1) is 10.9 Å². The van der Waals surface area contributed by atoms with Crippen molar-refractivity contribution in [3.63, 3.8) is 0 Å². The van der Waals surface area contributed by atoms with E-state index in [0.717, 1.165) is 17.4 Å². The Balaban J connectivity index is 1.74. The highest BCUT2D eigenvalue weighted by Crippen LogP contribution is 2.45. The highest BCUT2D eigenvalue weighted by atomic mass is 16.5. The van der Waals surface area contributed by atoms with Crippen LogP contribution in [0.4, 0.5) is 0 Å². The molecule has 3 aromatic rings. The summed E-state index contributed by atoms with van der Waals surface area (Å²) in [5.41, 5.74) is 2.03. The lowest BCUT2D eigenvalue weighted by molar-refractivity contribution is -0.116. The molecule has 0 spiro atoms. The Labute approximate surface area is 161 Å². The third-order valence-corrected chi connectivity index (χ3v) is 5.34. The zero-order valence-corrected chi connectivity index (χ0v) is 15.2. The van der Waals surface area contributed by atoms with Crippen LogP contribution in [0.3, 0.4) is 0 Å². The van der Waals surface area contributed by atoms with Gasteiger partial charge in [0.1, 0.15) is 17.1 Å². The van der Waals surface area contributed by atoms with E-state index in [2.05, 4.69) is 0 Å². The Hall–Kier alpha value is -3.40. The molecule has 1 aliphatic carbocycles. The number of hydrogen-bond donors (Lipinski definition) is 0. The predicted octanol–water partition coefficient (Wildman–Crippen LogP) is 4.99. The van der Waals surface area contributed by atoms with Gasteiger partial charge in [0.25, 0.3) is 0 Å². The number of para-hydroxylation sites is 1. The lowest BCUT2D eigenvalue weighted by Crippen LogP contribution is -2.28. The lowest BCUT2D eigenvalue weighted by Gasteiger charge is -2.30. The molecule has 0 radical (unpaired) electrons. The molecule has 1 atom stereocenters. The van der Waals surface area contributed by atoms with Crippen LogP contribution >= 0.6 is 0 Å². The maximum atomic E-state index is 12.9. The number of hydrogen-bond acceptors (Lipinski definition) is 4. The predicted molar refractivity (Wildman–Crippen MR) is 107 cm³/mol. The molecular formula is C24H18O4. The fourth-order valence-electron chi connectivity index (χ4n) is 4.03. The second-order valence-electron chi connectivity index (χ2n) is 7.09. The van der Waals surface area contributed by atoms with Crippen LogP contribution in [0.15, 0.2) is 81.2 Å². The molecule has 2 aliphatic rings. The Kier molecular flexibility index (Phi) is 3.97. The van der Waals surface area contributed by atoms with Crippen molar-refractivity contribution in [2.75, 3.05) is 0 Å². The SMILES string of the molecule is O=C1CCCC2=C1C(/C=C/c1ccccc1)c1c(c3ccccc3oc1=O)O2. The van der Waals surface area contributed by atoms with E-state index in [0.29, 0.717) is 41.1 Å². The van der Waals surface area contributed by atoms with E-state index in [1.165, 1.54) is 0 Å². The molecule has 0 saturated heterocycles. The number of rotatable bonds is 2. The topological polar surface area (TPSA) is 56.5 Å².